The zero-order valence-electron chi connectivity index (χ0n) is 14.4. The summed E-state index contributed by atoms with van der Waals surface area (Å²) in [5.41, 5.74) is 1.70. The second-order valence-electron chi connectivity index (χ2n) is 6.90. The summed E-state index contributed by atoms with van der Waals surface area (Å²) in [6, 6.07) is 5.72. The zero-order valence-corrected chi connectivity index (χ0v) is 14.4. The number of carbonyl (C=O) groups excluding carboxylic acids is 1. The van der Waals surface area contributed by atoms with E-state index < -0.39 is 0 Å². The Morgan fingerprint density at radius 1 is 1.28 bits per heavy atom. The highest BCUT2D eigenvalue weighted by atomic mass is 16.5. The highest BCUT2D eigenvalue weighted by Crippen LogP contribution is 2.18. The molecule has 134 valence electrons. The molecule has 2 aromatic rings. The van der Waals surface area contributed by atoms with Crippen LogP contribution in [0.2, 0.25) is 0 Å². The molecule has 7 heteroatoms. The van der Waals surface area contributed by atoms with Gasteiger partial charge in [-0.05, 0) is 50.6 Å². The van der Waals surface area contributed by atoms with Crippen molar-refractivity contribution in [2.24, 2.45) is 0 Å². The molecule has 2 aliphatic rings. The Balaban J connectivity index is 1.38. The third kappa shape index (κ3) is 3.93. The van der Waals surface area contributed by atoms with Crippen molar-refractivity contribution in [2.45, 2.75) is 25.4 Å². The van der Waals surface area contributed by atoms with Gasteiger partial charge in [0, 0.05) is 37.3 Å². The summed E-state index contributed by atoms with van der Waals surface area (Å²) in [5.74, 6) is 0. The summed E-state index contributed by atoms with van der Waals surface area (Å²) in [5, 5.41) is 11.0. The molecule has 1 unspecified atom stereocenters. The maximum Gasteiger partial charge on any atom is 0.321 e. The van der Waals surface area contributed by atoms with Crippen molar-refractivity contribution in [2.75, 3.05) is 44.6 Å². The number of hydrogen-bond acceptors (Lipinski definition) is 4. The number of amides is 2. The lowest BCUT2D eigenvalue weighted by Crippen LogP contribution is -2.43. The molecule has 1 aromatic carbocycles. The average molecular weight is 343 g/mol. The van der Waals surface area contributed by atoms with Crippen molar-refractivity contribution < 1.29 is 9.53 Å². The van der Waals surface area contributed by atoms with Crippen molar-refractivity contribution in [3.63, 3.8) is 0 Å². The molecule has 2 amide bonds. The summed E-state index contributed by atoms with van der Waals surface area (Å²) < 4.78 is 5.97. The van der Waals surface area contributed by atoms with E-state index in [0.717, 1.165) is 55.8 Å². The number of ether oxygens (including phenoxy) is 1. The van der Waals surface area contributed by atoms with Crippen LogP contribution in [0.15, 0.2) is 24.4 Å². The molecule has 0 saturated carbocycles. The lowest BCUT2D eigenvalue weighted by molar-refractivity contribution is 0.0355. The van der Waals surface area contributed by atoms with Gasteiger partial charge in [-0.3, -0.25) is 5.10 Å². The van der Waals surface area contributed by atoms with Crippen LogP contribution in [-0.4, -0.2) is 71.5 Å². The quantitative estimate of drug-likeness (QED) is 0.897. The maximum atomic E-state index is 12.7. The number of urea groups is 1. The summed E-state index contributed by atoms with van der Waals surface area (Å²) in [4.78, 5) is 17.0. The minimum atomic E-state index is -0.0595. The van der Waals surface area contributed by atoms with E-state index in [0.29, 0.717) is 6.54 Å². The molecule has 2 fully saturated rings. The van der Waals surface area contributed by atoms with Gasteiger partial charge in [0.25, 0.3) is 0 Å². The van der Waals surface area contributed by atoms with E-state index in [1.165, 1.54) is 12.8 Å². The fourth-order valence-corrected chi connectivity index (χ4v) is 3.66. The fraction of sp³-hybridized carbons (Fsp3) is 0.556. The predicted molar refractivity (Wildman–Crippen MR) is 96.7 cm³/mol. The smallest absolute Gasteiger partial charge is 0.321 e. The standard InChI is InChI=1S/C18H25N5O2/c24-18(20-15-5-4-14-11-19-21-17(14)10-15)23-8-3-9-25-16(13-23)12-22-6-1-2-7-22/h4-5,10-11,16H,1-3,6-9,12-13H2,(H,19,21)(H,20,24). The number of H-pyrrole nitrogens is 1. The highest BCUT2D eigenvalue weighted by molar-refractivity contribution is 5.92. The normalized spacial score (nSPS) is 22.2. The van der Waals surface area contributed by atoms with Crippen LogP contribution >= 0.6 is 0 Å². The van der Waals surface area contributed by atoms with E-state index in [2.05, 4.69) is 20.4 Å². The summed E-state index contributed by atoms with van der Waals surface area (Å²) in [7, 11) is 0. The van der Waals surface area contributed by atoms with Crippen molar-refractivity contribution in [1.82, 2.24) is 20.0 Å². The molecule has 25 heavy (non-hydrogen) atoms. The van der Waals surface area contributed by atoms with E-state index in [9.17, 15) is 4.79 Å². The third-order valence-electron chi connectivity index (χ3n) is 4.99. The van der Waals surface area contributed by atoms with Gasteiger partial charge in [0.1, 0.15) is 0 Å². The van der Waals surface area contributed by atoms with Crippen molar-refractivity contribution >= 4 is 22.6 Å². The van der Waals surface area contributed by atoms with Gasteiger partial charge in [-0.2, -0.15) is 5.10 Å². The number of nitrogens with zero attached hydrogens (tertiary/aromatic N) is 3. The SMILES string of the molecule is O=C(Nc1ccc2cn[nH]c2c1)N1CCCOC(CN2CCCC2)C1. The number of rotatable bonds is 3. The topological polar surface area (TPSA) is 73.5 Å². The zero-order chi connectivity index (χ0) is 17.1. The fourth-order valence-electron chi connectivity index (χ4n) is 3.66. The van der Waals surface area contributed by atoms with Gasteiger partial charge in [-0.25, -0.2) is 4.79 Å². The lowest BCUT2D eigenvalue weighted by Gasteiger charge is -2.27. The Hall–Kier alpha value is -2.12. The second-order valence-corrected chi connectivity index (χ2v) is 6.90. The molecule has 0 radical (unpaired) electrons. The van der Waals surface area contributed by atoms with Crippen LogP contribution in [0.4, 0.5) is 10.5 Å². The Morgan fingerprint density at radius 3 is 3.04 bits per heavy atom. The molecule has 0 spiro atoms. The Morgan fingerprint density at radius 2 is 2.16 bits per heavy atom. The Bertz CT molecular complexity index is 725. The number of carbonyl (C=O) groups is 1. The predicted octanol–water partition coefficient (Wildman–Crippen LogP) is 2.28. The first kappa shape index (κ1) is 16.4. The molecule has 2 aliphatic heterocycles. The van der Waals surface area contributed by atoms with E-state index in [1.54, 1.807) is 6.20 Å². The van der Waals surface area contributed by atoms with Gasteiger partial charge in [-0.15, -0.1) is 0 Å². The number of benzene rings is 1. The molecular formula is C18H25N5O2. The second kappa shape index (κ2) is 7.41. The van der Waals surface area contributed by atoms with Crippen LogP contribution in [0.3, 0.4) is 0 Å². The number of nitrogens with one attached hydrogen (secondary N) is 2. The first-order chi connectivity index (χ1) is 12.3. The Kier molecular flexibility index (Phi) is 4.85. The summed E-state index contributed by atoms with van der Waals surface area (Å²) in [6.45, 7) is 5.32. The molecule has 7 nitrogen and oxygen atoms in total. The molecule has 2 N–H and O–H groups in total. The summed E-state index contributed by atoms with van der Waals surface area (Å²) >= 11 is 0. The molecule has 2 saturated heterocycles. The van der Waals surface area contributed by atoms with Crippen LogP contribution in [0.5, 0.6) is 0 Å². The van der Waals surface area contributed by atoms with Crippen molar-refractivity contribution in [1.29, 1.82) is 0 Å². The van der Waals surface area contributed by atoms with Crippen LogP contribution in [0, 0.1) is 0 Å². The summed E-state index contributed by atoms with van der Waals surface area (Å²) in [6.07, 6.45) is 5.29. The highest BCUT2D eigenvalue weighted by Gasteiger charge is 2.25. The number of hydrogen-bond donors (Lipinski definition) is 2. The monoisotopic (exact) mass is 343 g/mol. The first-order valence-electron chi connectivity index (χ1n) is 9.11. The minimum absolute atomic E-state index is 0.0595. The number of aromatic amines is 1. The van der Waals surface area contributed by atoms with Crippen LogP contribution in [0.25, 0.3) is 10.9 Å². The lowest BCUT2D eigenvalue weighted by atomic mass is 10.2. The van der Waals surface area contributed by atoms with Gasteiger partial charge in [0.15, 0.2) is 0 Å². The van der Waals surface area contributed by atoms with Crippen molar-refractivity contribution in [3.05, 3.63) is 24.4 Å². The molecule has 4 rings (SSSR count). The van der Waals surface area contributed by atoms with Gasteiger partial charge in [-0.1, -0.05) is 0 Å². The molecule has 0 bridgehead atoms. The van der Waals surface area contributed by atoms with Crippen LogP contribution in [0.1, 0.15) is 19.3 Å². The van der Waals surface area contributed by atoms with Gasteiger partial charge in [0.05, 0.1) is 17.8 Å². The third-order valence-corrected chi connectivity index (χ3v) is 4.99. The molecule has 1 aromatic heterocycles. The Labute approximate surface area is 147 Å². The van der Waals surface area contributed by atoms with Crippen molar-refractivity contribution in [3.8, 4) is 0 Å². The molecule has 3 heterocycles. The van der Waals surface area contributed by atoms with E-state index >= 15 is 0 Å². The maximum absolute atomic E-state index is 12.7. The molecular weight excluding hydrogens is 318 g/mol. The molecule has 0 aliphatic carbocycles. The van der Waals surface area contributed by atoms with Gasteiger partial charge in [0.2, 0.25) is 0 Å². The van der Waals surface area contributed by atoms with Gasteiger partial charge >= 0.3 is 6.03 Å². The number of anilines is 1. The van der Waals surface area contributed by atoms with Gasteiger partial charge < -0.3 is 19.9 Å². The van der Waals surface area contributed by atoms with Crippen LogP contribution < -0.4 is 5.32 Å². The van der Waals surface area contributed by atoms with Crippen LogP contribution in [-0.2, 0) is 4.74 Å². The molecule has 1 atom stereocenters. The number of aromatic nitrogens is 2. The largest absolute Gasteiger partial charge is 0.375 e. The van der Waals surface area contributed by atoms with E-state index in [4.69, 9.17) is 4.74 Å². The minimum Gasteiger partial charge on any atom is -0.375 e. The first-order valence-corrected chi connectivity index (χ1v) is 9.11. The number of fused-ring (bicyclic) bond motifs is 1. The average Bonchev–Trinajstić information content (AvgIpc) is 3.22. The number of likely N-dealkylation sites (tertiary alicyclic amines) is 1. The van der Waals surface area contributed by atoms with E-state index in [1.807, 2.05) is 23.1 Å². The van der Waals surface area contributed by atoms with E-state index in [-0.39, 0.29) is 12.1 Å².